The average Bonchev–Trinajstić information content (AvgIpc) is 2.14. The molecule has 4 nitrogen and oxygen atoms in total. The molecule has 1 N–H and O–H groups in total. The van der Waals surface area contributed by atoms with Gasteiger partial charge in [-0.2, -0.15) is 0 Å². The summed E-state index contributed by atoms with van der Waals surface area (Å²) in [5.41, 5.74) is -1.30. The molecule has 0 aliphatic carbocycles. The summed E-state index contributed by atoms with van der Waals surface area (Å²) in [5.74, 6) is -0.266. The van der Waals surface area contributed by atoms with Crippen LogP contribution >= 0.6 is 0 Å². The summed E-state index contributed by atoms with van der Waals surface area (Å²) >= 11 is 0. The molecule has 0 aromatic heterocycles. The summed E-state index contributed by atoms with van der Waals surface area (Å²) in [5, 5.41) is 10.1. The molecule has 0 amide bonds. The normalized spacial score (nSPS) is 15.6. The molecular weight excluding hydrogens is 208 g/mol. The Morgan fingerprint density at radius 1 is 1.31 bits per heavy atom. The van der Waals surface area contributed by atoms with Crippen LogP contribution in [0.4, 0.5) is 0 Å². The van der Waals surface area contributed by atoms with Crippen molar-refractivity contribution in [1.29, 1.82) is 0 Å². The third-order valence-corrected chi connectivity index (χ3v) is 2.53. The van der Waals surface area contributed by atoms with E-state index >= 15 is 0 Å². The van der Waals surface area contributed by atoms with Crippen molar-refractivity contribution in [2.75, 3.05) is 13.7 Å². The fourth-order valence-corrected chi connectivity index (χ4v) is 1.68. The van der Waals surface area contributed by atoms with Gasteiger partial charge in [-0.05, 0) is 34.1 Å². The van der Waals surface area contributed by atoms with E-state index in [2.05, 4.69) is 0 Å². The first-order valence-corrected chi connectivity index (χ1v) is 5.65. The summed E-state index contributed by atoms with van der Waals surface area (Å²) in [7, 11) is 1.61. The van der Waals surface area contributed by atoms with Gasteiger partial charge in [0.15, 0.2) is 0 Å². The Labute approximate surface area is 97.9 Å². The van der Waals surface area contributed by atoms with Gasteiger partial charge in [0.25, 0.3) is 0 Å². The van der Waals surface area contributed by atoms with Crippen LogP contribution in [0.3, 0.4) is 0 Å². The summed E-state index contributed by atoms with van der Waals surface area (Å²) < 4.78 is 10.1. The minimum Gasteiger partial charge on any atom is -0.466 e. The molecule has 0 aliphatic rings. The maximum absolute atomic E-state index is 11.2. The molecule has 16 heavy (non-hydrogen) atoms. The fraction of sp³-hybridized carbons (Fsp3) is 0.917. The molecule has 96 valence electrons. The van der Waals surface area contributed by atoms with Crippen LogP contribution in [-0.4, -0.2) is 36.0 Å². The molecule has 0 aliphatic heterocycles. The van der Waals surface area contributed by atoms with Crippen LogP contribution in [-0.2, 0) is 14.3 Å². The Hall–Kier alpha value is -0.610. The molecule has 0 saturated heterocycles. The van der Waals surface area contributed by atoms with E-state index in [-0.39, 0.29) is 12.4 Å². The SMILES string of the molecule is CCOC(=O)CCC(C)(O)CC(C)(C)OC. The van der Waals surface area contributed by atoms with Crippen LogP contribution < -0.4 is 0 Å². The first-order chi connectivity index (χ1) is 7.22. The molecule has 0 rings (SSSR count). The molecular formula is C12H24O4. The zero-order valence-electron chi connectivity index (χ0n) is 11.0. The quantitative estimate of drug-likeness (QED) is 0.681. The van der Waals surface area contributed by atoms with E-state index in [0.29, 0.717) is 19.4 Å². The van der Waals surface area contributed by atoms with Gasteiger partial charge < -0.3 is 14.6 Å². The number of hydrogen-bond donors (Lipinski definition) is 1. The summed E-state index contributed by atoms with van der Waals surface area (Å²) in [6.45, 7) is 7.68. The van der Waals surface area contributed by atoms with Crippen molar-refractivity contribution in [2.24, 2.45) is 0 Å². The van der Waals surface area contributed by atoms with E-state index in [9.17, 15) is 9.90 Å². The largest absolute Gasteiger partial charge is 0.466 e. The zero-order valence-corrected chi connectivity index (χ0v) is 11.0. The Morgan fingerprint density at radius 3 is 2.31 bits per heavy atom. The van der Waals surface area contributed by atoms with Gasteiger partial charge in [-0.15, -0.1) is 0 Å². The zero-order chi connectivity index (χ0) is 12.8. The highest BCUT2D eigenvalue weighted by Gasteiger charge is 2.30. The van der Waals surface area contributed by atoms with Crippen LogP contribution in [0.5, 0.6) is 0 Å². The molecule has 0 aromatic carbocycles. The molecule has 0 saturated carbocycles. The highest BCUT2D eigenvalue weighted by molar-refractivity contribution is 5.69. The lowest BCUT2D eigenvalue weighted by atomic mass is 9.87. The minimum absolute atomic E-state index is 0.237. The van der Waals surface area contributed by atoms with Gasteiger partial charge >= 0.3 is 5.97 Å². The van der Waals surface area contributed by atoms with Gasteiger partial charge in [0.2, 0.25) is 0 Å². The number of methoxy groups -OCH3 is 1. The van der Waals surface area contributed by atoms with Crippen LogP contribution in [0, 0.1) is 0 Å². The maximum atomic E-state index is 11.2. The van der Waals surface area contributed by atoms with Gasteiger partial charge in [0.1, 0.15) is 0 Å². The standard InChI is InChI=1S/C12H24O4/c1-6-16-10(13)7-8-12(4,14)9-11(2,3)15-5/h14H,6-9H2,1-5H3. The average molecular weight is 232 g/mol. The predicted octanol–water partition coefficient (Wildman–Crippen LogP) is 1.90. The van der Waals surface area contributed by atoms with Crippen molar-refractivity contribution >= 4 is 5.97 Å². The lowest BCUT2D eigenvalue weighted by Gasteiger charge is -2.32. The van der Waals surface area contributed by atoms with Crippen molar-refractivity contribution in [1.82, 2.24) is 0 Å². The van der Waals surface area contributed by atoms with Crippen LogP contribution in [0.15, 0.2) is 0 Å². The van der Waals surface area contributed by atoms with Crippen molar-refractivity contribution in [3.05, 3.63) is 0 Å². The second-order valence-corrected chi connectivity index (χ2v) is 4.94. The van der Waals surface area contributed by atoms with Crippen molar-refractivity contribution in [3.8, 4) is 0 Å². The summed E-state index contributed by atoms with van der Waals surface area (Å²) in [6.07, 6.45) is 1.11. The molecule has 0 aromatic rings. The van der Waals surface area contributed by atoms with Crippen LogP contribution in [0.2, 0.25) is 0 Å². The number of carbonyl (C=O) groups is 1. The number of aliphatic hydroxyl groups is 1. The molecule has 1 unspecified atom stereocenters. The molecule has 0 radical (unpaired) electrons. The summed E-state index contributed by atoms with van der Waals surface area (Å²) in [6, 6.07) is 0. The Morgan fingerprint density at radius 2 is 1.88 bits per heavy atom. The van der Waals surface area contributed by atoms with E-state index in [0.717, 1.165) is 0 Å². The van der Waals surface area contributed by atoms with Crippen molar-refractivity contribution < 1.29 is 19.4 Å². The topological polar surface area (TPSA) is 55.8 Å². The van der Waals surface area contributed by atoms with Gasteiger partial charge in [-0.25, -0.2) is 0 Å². The third kappa shape index (κ3) is 6.80. The molecule has 1 atom stereocenters. The third-order valence-electron chi connectivity index (χ3n) is 2.53. The van der Waals surface area contributed by atoms with E-state index in [1.54, 1.807) is 21.0 Å². The lowest BCUT2D eigenvalue weighted by molar-refractivity contribution is -0.145. The highest BCUT2D eigenvalue weighted by atomic mass is 16.5. The second kappa shape index (κ2) is 6.21. The van der Waals surface area contributed by atoms with Crippen LogP contribution in [0.1, 0.15) is 47.0 Å². The molecule has 0 spiro atoms. The smallest absolute Gasteiger partial charge is 0.305 e. The number of carbonyl (C=O) groups excluding carboxylic acids is 1. The second-order valence-electron chi connectivity index (χ2n) is 4.94. The predicted molar refractivity (Wildman–Crippen MR) is 62.2 cm³/mol. The fourth-order valence-electron chi connectivity index (χ4n) is 1.68. The molecule has 4 heteroatoms. The maximum Gasteiger partial charge on any atom is 0.305 e. The Bertz CT molecular complexity index is 221. The Kier molecular flexibility index (Phi) is 5.97. The highest BCUT2D eigenvalue weighted by Crippen LogP contribution is 2.26. The summed E-state index contributed by atoms with van der Waals surface area (Å²) in [4.78, 5) is 11.2. The van der Waals surface area contributed by atoms with E-state index in [1.807, 2.05) is 13.8 Å². The first-order valence-electron chi connectivity index (χ1n) is 5.65. The lowest BCUT2D eigenvalue weighted by Crippen LogP contribution is -2.37. The van der Waals surface area contributed by atoms with Crippen molar-refractivity contribution in [2.45, 2.75) is 58.2 Å². The minimum atomic E-state index is -0.910. The molecule has 0 fully saturated rings. The van der Waals surface area contributed by atoms with E-state index < -0.39 is 11.2 Å². The van der Waals surface area contributed by atoms with Gasteiger partial charge in [0.05, 0.1) is 17.8 Å². The number of rotatable bonds is 7. The number of ether oxygens (including phenoxy) is 2. The van der Waals surface area contributed by atoms with Crippen molar-refractivity contribution in [3.63, 3.8) is 0 Å². The van der Waals surface area contributed by atoms with Gasteiger partial charge in [-0.3, -0.25) is 4.79 Å². The number of esters is 1. The first kappa shape index (κ1) is 15.4. The molecule has 0 heterocycles. The molecule has 0 bridgehead atoms. The van der Waals surface area contributed by atoms with E-state index in [4.69, 9.17) is 9.47 Å². The number of hydrogen-bond acceptors (Lipinski definition) is 4. The van der Waals surface area contributed by atoms with Gasteiger partial charge in [-0.1, -0.05) is 0 Å². The van der Waals surface area contributed by atoms with Crippen LogP contribution in [0.25, 0.3) is 0 Å². The Balaban J connectivity index is 4.09. The van der Waals surface area contributed by atoms with Gasteiger partial charge in [0, 0.05) is 20.0 Å². The monoisotopic (exact) mass is 232 g/mol. The van der Waals surface area contributed by atoms with E-state index in [1.165, 1.54) is 0 Å².